The normalized spacial score (nSPS) is 13.8. The highest BCUT2D eigenvalue weighted by atomic mass is 31.2. The molecule has 2 atom stereocenters. The maximum Gasteiger partial charge on any atom is 0.472 e. The molecule has 0 aromatic heterocycles. The van der Waals surface area contributed by atoms with Gasteiger partial charge in [-0.05, 0) is 44.9 Å². The van der Waals surface area contributed by atoms with E-state index in [-0.39, 0.29) is 25.6 Å². The second-order valence-electron chi connectivity index (χ2n) is 16.4. The number of quaternary nitrogens is 1. The van der Waals surface area contributed by atoms with Crippen LogP contribution in [0.2, 0.25) is 0 Å². The van der Waals surface area contributed by atoms with Crippen molar-refractivity contribution in [2.75, 3.05) is 47.5 Å². The lowest BCUT2D eigenvalue weighted by atomic mass is 10.1. The van der Waals surface area contributed by atoms with Gasteiger partial charge in [-0.2, -0.15) is 0 Å². The smallest absolute Gasteiger partial charge is 0.462 e. The van der Waals surface area contributed by atoms with Gasteiger partial charge < -0.3 is 18.9 Å². The Labute approximate surface area is 339 Å². The first kappa shape index (κ1) is 53.5. The van der Waals surface area contributed by atoms with Gasteiger partial charge in [-0.1, -0.05) is 167 Å². The van der Waals surface area contributed by atoms with E-state index in [1.165, 1.54) is 122 Å². The Bertz CT molecular complexity index is 996. The van der Waals surface area contributed by atoms with Crippen molar-refractivity contribution >= 4 is 19.8 Å². The second kappa shape index (κ2) is 38.0. The number of rotatable bonds is 41. The molecule has 0 amide bonds. The summed E-state index contributed by atoms with van der Waals surface area (Å²) in [6.07, 6.45) is 40.8. The summed E-state index contributed by atoms with van der Waals surface area (Å²) in [5.41, 5.74) is 0. The molecule has 1 N–H and O–H groups in total. The highest BCUT2D eigenvalue weighted by Gasteiger charge is 2.27. The molecule has 324 valence electrons. The summed E-state index contributed by atoms with van der Waals surface area (Å²) in [6, 6.07) is 0. The van der Waals surface area contributed by atoms with Crippen molar-refractivity contribution in [2.45, 2.75) is 206 Å². The van der Waals surface area contributed by atoms with Gasteiger partial charge in [-0.25, -0.2) is 4.57 Å². The molecular weight excluding hydrogens is 713 g/mol. The average Bonchev–Trinajstić information content (AvgIpc) is 3.13. The number of ether oxygens (including phenoxy) is 2. The fourth-order valence-corrected chi connectivity index (χ4v) is 6.90. The first-order chi connectivity index (χ1) is 26.5. The summed E-state index contributed by atoms with van der Waals surface area (Å²) in [7, 11) is 1.48. The molecule has 0 bridgehead atoms. The molecule has 0 aliphatic carbocycles. The van der Waals surface area contributed by atoms with Crippen molar-refractivity contribution in [3.05, 3.63) is 24.3 Å². The SMILES string of the molecule is CCCCCCC/C=C\C/C=C\CCCCCCCCCCCC(=O)OC(COC(=O)CCCCCCCCCCCC)COP(=O)(O)OCC[N+](C)(C)C. The Morgan fingerprint density at radius 1 is 0.564 bits per heavy atom. The molecule has 0 aliphatic rings. The van der Waals surface area contributed by atoms with E-state index < -0.39 is 26.5 Å². The number of esters is 2. The van der Waals surface area contributed by atoms with Crippen molar-refractivity contribution < 1.29 is 42.1 Å². The number of phosphoric acid groups is 1. The number of nitrogens with zero attached hydrogens (tertiary/aromatic N) is 1. The lowest BCUT2D eigenvalue weighted by molar-refractivity contribution is -0.870. The predicted molar refractivity (Wildman–Crippen MR) is 229 cm³/mol. The Hall–Kier alpha value is -1.51. The van der Waals surface area contributed by atoms with E-state index in [1.807, 2.05) is 21.1 Å². The molecule has 0 saturated carbocycles. The number of hydrogen-bond donors (Lipinski definition) is 1. The average molecular weight is 801 g/mol. The minimum absolute atomic E-state index is 0.0326. The van der Waals surface area contributed by atoms with E-state index in [9.17, 15) is 19.0 Å². The number of allylic oxidation sites excluding steroid dienone is 4. The summed E-state index contributed by atoms with van der Waals surface area (Å²) >= 11 is 0. The van der Waals surface area contributed by atoms with Crippen molar-refractivity contribution in [1.29, 1.82) is 0 Å². The molecule has 0 aromatic carbocycles. The monoisotopic (exact) mass is 801 g/mol. The molecule has 0 spiro atoms. The van der Waals surface area contributed by atoms with Crippen LogP contribution in [0, 0.1) is 0 Å². The maximum atomic E-state index is 12.7. The van der Waals surface area contributed by atoms with Crippen LogP contribution in [0.15, 0.2) is 24.3 Å². The van der Waals surface area contributed by atoms with Gasteiger partial charge in [-0.3, -0.25) is 18.6 Å². The second-order valence-corrected chi connectivity index (χ2v) is 17.9. The largest absolute Gasteiger partial charge is 0.472 e. The number of carbonyl (C=O) groups excluding carboxylic acids is 2. The van der Waals surface area contributed by atoms with Crippen LogP contribution in [0.3, 0.4) is 0 Å². The van der Waals surface area contributed by atoms with Crippen LogP contribution in [-0.4, -0.2) is 74.9 Å². The number of carbonyl (C=O) groups is 2. The summed E-state index contributed by atoms with van der Waals surface area (Å²) in [4.78, 5) is 35.3. The number of unbranched alkanes of at least 4 members (excludes halogenated alkanes) is 23. The summed E-state index contributed by atoms with van der Waals surface area (Å²) in [5.74, 6) is -0.799. The lowest BCUT2D eigenvalue weighted by Gasteiger charge is -2.24. The van der Waals surface area contributed by atoms with Crippen LogP contribution in [-0.2, 0) is 32.7 Å². The number of likely N-dealkylation sites (N-methyl/N-ethyl adjacent to an activating group) is 1. The van der Waals surface area contributed by atoms with E-state index in [2.05, 4.69) is 38.2 Å². The fraction of sp³-hybridized carbons (Fsp3) is 0.867. The van der Waals surface area contributed by atoms with Gasteiger partial charge in [-0.15, -0.1) is 0 Å². The van der Waals surface area contributed by atoms with E-state index in [0.717, 1.165) is 44.9 Å². The Kier molecular flexibility index (Phi) is 37.0. The maximum absolute atomic E-state index is 12.7. The highest BCUT2D eigenvalue weighted by Crippen LogP contribution is 2.43. The van der Waals surface area contributed by atoms with Gasteiger partial charge in [0.1, 0.15) is 19.8 Å². The third kappa shape index (κ3) is 41.9. The quantitative estimate of drug-likeness (QED) is 0.0214. The van der Waals surface area contributed by atoms with Gasteiger partial charge >= 0.3 is 19.8 Å². The van der Waals surface area contributed by atoms with E-state index in [4.69, 9.17) is 18.5 Å². The first-order valence-electron chi connectivity index (χ1n) is 22.6. The topological polar surface area (TPSA) is 108 Å². The molecule has 10 heteroatoms. The summed E-state index contributed by atoms with van der Waals surface area (Å²) in [6.45, 7) is 4.40. The van der Waals surface area contributed by atoms with Crippen molar-refractivity contribution in [3.63, 3.8) is 0 Å². The van der Waals surface area contributed by atoms with Gasteiger partial charge in [0, 0.05) is 12.8 Å². The lowest BCUT2D eigenvalue weighted by Crippen LogP contribution is -2.37. The van der Waals surface area contributed by atoms with Crippen LogP contribution < -0.4 is 0 Å². The molecule has 0 aliphatic heterocycles. The van der Waals surface area contributed by atoms with E-state index in [0.29, 0.717) is 23.9 Å². The molecule has 0 fully saturated rings. The van der Waals surface area contributed by atoms with Crippen LogP contribution >= 0.6 is 7.82 Å². The predicted octanol–water partition coefficient (Wildman–Crippen LogP) is 12.7. The fourth-order valence-electron chi connectivity index (χ4n) is 6.16. The van der Waals surface area contributed by atoms with Crippen molar-refractivity contribution in [2.24, 2.45) is 0 Å². The molecule has 9 nitrogen and oxygen atoms in total. The Balaban J connectivity index is 4.26. The summed E-state index contributed by atoms with van der Waals surface area (Å²) in [5, 5.41) is 0. The van der Waals surface area contributed by atoms with Crippen LogP contribution in [0.4, 0.5) is 0 Å². The van der Waals surface area contributed by atoms with Crippen molar-refractivity contribution in [3.8, 4) is 0 Å². The highest BCUT2D eigenvalue weighted by molar-refractivity contribution is 7.47. The standard InChI is InChI=1S/C45H86NO8P/c1-6-8-10-12-14-16-18-19-20-21-22-23-24-25-26-27-28-30-32-34-36-38-45(48)54-43(42-53-55(49,50)52-40-39-46(3,4)5)41-51-44(47)37-35-33-31-29-17-15-13-11-9-7-2/h18-19,21-22,43H,6-17,20,23-42H2,1-5H3/p+1/b19-18-,22-21-. The minimum Gasteiger partial charge on any atom is -0.462 e. The summed E-state index contributed by atoms with van der Waals surface area (Å²) < 4.78 is 34.3. The zero-order valence-electron chi connectivity index (χ0n) is 36.4. The van der Waals surface area contributed by atoms with Gasteiger partial charge in [0.25, 0.3) is 0 Å². The van der Waals surface area contributed by atoms with E-state index in [1.54, 1.807) is 0 Å². The minimum atomic E-state index is -4.37. The molecule has 0 rings (SSSR count). The molecule has 0 radical (unpaired) electrons. The third-order valence-electron chi connectivity index (χ3n) is 9.73. The van der Waals surface area contributed by atoms with Crippen LogP contribution in [0.5, 0.6) is 0 Å². The Morgan fingerprint density at radius 2 is 0.982 bits per heavy atom. The molecule has 0 aromatic rings. The van der Waals surface area contributed by atoms with Crippen LogP contribution in [0.25, 0.3) is 0 Å². The molecular formula is C45H87NO8P+. The van der Waals surface area contributed by atoms with E-state index >= 15 is 0 Å². The molecule has 0 heterocycles. The van der Waals surface area contributed by atoms with Gasteiger partial charge in [0.2, 0.25) is 0 Å². The number of hydrogen-bond acceptors (Lipinski definition) is 7. The zero-order chi connectivity index (χ0) is 40.7. The zero-order valence-corrected chi connectivity index (χ0v) is 37.3. The first-order valence-corrected chi connectivity index (χ1v) is 24.1. The molecule has 2 unspecified atom stereocenters. The number of phosphoric ester groups is 1. The van der Waals surface area contributed by atoms with Gasteiger partial charge in [0.05, 0.1) is 27.7 Å². The Morgan fingerprint density at radius 3 is 1.44 bits per heavy atom. The molecule has 55 heavy (non-hydrogen) atoms. The molecule has 0 saturated heterocycles. The van der Waals surface area contributed by atoms with Gasteiger partial charge in [0.15, 0.2) is 6.10 Å². The van der Waals surface area contributed by atoms with Crippen LogP contribution in [0.1, 0.15) is 200 Å². The van der Waals surface area contributed by atoms with Crippen molar-refractivity contribution in [1.82, 2.24) is 0 Å². The third-order valence-corrected chi connectivity index (χ3v) is 10.7.